The highest BCUT2D eigenvalue weighted by molar-refractivity contribution is 7.17. The zero-order chi connectivity index (χ0) is 21.5. The van der Waals surface area contributed by atoms with Gasteiger partial charge in [0.05, 0.1) is 25.9 Å². The van der Waals surface area contributed by atoms with Crippen LogP contribution in [0.15, 0.2) is 24.3 Å². The third-order valence-electron chi connectivity index (χ3n) is 4.71. The number of esters is 1. The van der Waals surface area contributed by atoms with Crippen LogP contribution in [0.4, 0.5) is 5.00 Å². The molecule has 1 aromatic heterocycles. The quantitative estimate of drug-likeness (QED) is 0.455. The van der Waals surface area contributed by atoms with E-state index < -0.39 is 0 Å². The van der Waals surface area contributed by atoms with Crippen LogP contribution < -0.4 is 14.8 Å². The number of amides is 1. The van der Waals surface area contributed by atoms with E-state index in [4.69, 9.17) is 14.2 Å². The van der Waals surface area contributed by atoms with E-state index in [0.717, 1.165) is 41.7 Å². The average molecular weight is 430 g/mol. The number of rotatable bonds is 9. The Bertz CT molecular complexity index is 947. The number of carbonyl (C=O) groups is 2. The maximum Gasteiger partial charge on any atom is 0.341 e. The lowest BCUT2D eigenvalue weighted by Gasteiger charge is -2.10. The Morgan fingerprint density at radius 2 is 2.03 bits per heavy atom. The highest BCUT2D eigenvalue weighted by atomic mass is 32.1. The minimum atomic E-state index is -0.372. The van der Waals surface area contributed by atoms with Crippen molar-refractivity contribution in [1.82, 2.24) is 0 Å². The first kappa shape index (κ1) is 21.9. The van der Waals surface area contributed by atoms with E-state index in [1.165, 1.54) is 17.4 Å². The van der Waals surface area contributed by atoms with Gasteiger partial charge >= 0.3 is 5.97 Å². The van der Waals surface area contributed by atoms with E-state index in [1.54, 1.807) is 20.1 Å². The molecular formula is C23H27NO5S. The fourth-order valence-corrected chi connectivity index (χ4v) is 4.64. The van der Waals surface area contributed by atoms with Gasteiger partial charge < -0.3 is 19.5 Å². The molecule has 0 saturated heterocycles. The molecule has 0 radical (unpaired) electrons. The van der Waals surface area contributed by atoms with Crippen LogP contribution in [-0.2, 0) is 22.4 Å². The first-order valence-electron chi connectivity index (χ1n) is 10.2. The van der Waals surface area contributed by atoms with Gasteiger partial charge in [0.25, 0.3) is 0 Å². The van der Waals surface area contributed by atoms with Gasteiger partial charge in [0, 0.05) is 11.0 Å². The molecule has 1 aliphatic carbocycles. The number of hydrogen-bond donors (Lipinski definition) is 1. The number of fused-ring (bicyclic) bond motifs is 1. The lowest BCUT2D eigenvalue weighted by Crippen LogP contribution is -2.13. The molecule has 1 amide bonds. The zero-order valence-electron chi connectivity index (χ0n) is 17.6. The number of methoxy groups -OCH3 is 1. The molecule has 7 heteroatoms. The summed E-state index contributed by atoms with van der Waals surface area (Å²) in [4.78, 5) is 26.1. The molecular weight excluding hydrogens is 402 g/mol. The third kappa shape index (κ3) is 5.02. The minimum absolute atomic E-state index is 0.300. The van der Waals surface area contributed by atoms with E-state index in [1.807, 2.05) is 25.1 Å². The van der Waals surface area contributed by atoms with Crippen LogP contribution >= 0.6 is 11.3 Å². The largest absolute Gasteiger partial charge is 0.493 e. The predicted molar refractivity (Wildman–Crippen MR) is 119 cm³/mol. The van der Waals surface area contributed by atoms with Crippen LogP contribution in [-0.4, -0.2) is 32.2 Å². The Hall–Kier alpha value is -2.80. The molecule has 0 aliphatic heterocycles. The minimum Gasteiger partial charge on any atom is -0.493 e. The fourth-order valence-electron chi connectivity index (χ4n) is 3.36. The predicted octanol–water partition coefficient (Wildman–Crippen LogP) is 4.86. The molecule has 30 heavy (non-hydrogen) atoms. The van der Waals surface area contributed by atoms with Gasteiger partial charge in [-0.1, -0.05) is 13.0 Å². The van der Waals surface area contributed by atoms with Crippen molar-refractivity contribution in [2.45, 2.75) is 39.5 Å². The van der Waals surface area contributed by atoms with Gasteiger partial charge in [0.2, 0.25) is 5.91 Å². The fraction of sp³-hybridized carbons (Fsp3) is 0.391. The lowest BCUT2D eigenvalue weighted by molar-refractivity contribution is -0.111. The van der Waals surface area contributed by atoms with Crippen molar-refractivity contribution in [3.63, 3.8) is 0 Å². The van der Waals surface area contributed by atoms with Gasteiger partial charge in [-0.05, 0) is 61.9 Å². The van der Waals surface area contributed by atoms with Crippen LogP contribution in [0.2, 0.25) is 0 Å². The number of anilines is 1. The zero-order valence-corrected chi connectivity index (χ0v) is 18.4. The summed E-state index contributed by atoms with van der Waals surface area (Å²) in [7, 11) is 1.58. The second kappa shape index (κ2) is 10.3. The molecule has 6 nitrogen and oxygen atoms in total. The molecule has 0 fully saturated rings. The van der Waals surface area contributed by atoms with Crippen molar-refractivity contribution in [2.24, 2.45) is 0 Å². The third-order valence-corrected chi connectivity index (χ3v) is 5.92. The number of aryl methyl sites for hydroxylation is 1. The van der Waals surface area contributed by atoms with Crippen molar-refractivity contribution < 1.29 is 23.8 Å². The van der Waals surface area contributed by atoms with Gasteiger partial charge in [-0.25, -0.2) is 4.79 Å². The van der Waals surface area contributed by atoms with Crippen molar-refractivity contribution in [3.05, 3.63) is 45.8 Å². The van der Waals surface area contributed by atoms with Gasteiger partial charge in [-0.15, -0.1) is 11.3 Å². The number of carbonyl (C=O) groups excluding carboxylic acids is 2. The molecule has 1 N–H and O–H groups in total. The first-order valence-corrected chi connectivity index (χ1v) is 11.0. The van der Waals surface area contributed by atoms with E-state index in [-0.39, 0.29) is 11.9 Å². The van der Waals surface area contributed by atoms with Gasteiger partial charge in [-0.2, -0.15) is 0 Å². The van der Waals surface area contributed by atoms with E-state index in [9.17, 15) is 9.59 Å². The van der Waals surface area contributed by atoms with E-state index in [0.29, 0.717) is 35.3 Å². The molecule has 0 saturated carbocycles. The summed E-state index contributed by atoms with van der Waals surface area (Å²) < 4.78 is 16.2. The lowest BCUT2D eigenvalue weighted by atomic mass is 10.1. The van der Waals surface area contributed by atoms with Crippen LogP contribution in [0.25, 0.3) is 6.08 Å². The highest BCUT2D eigenvalue weighted by Gasteiger charge is 2.28. The molecule has 1 heterocycles. The molecule has 1 aromatic carbocycles. The Morgan fingerprint density at radius 3 is 2.77 bits per heavy atom. The molecule has 0 atom stereocenters. The number of ether oxygens (including phenoxy) is 3. The molecule has 0 unspecified atom stereocenters. The average Bonchev–Trinajstić information content (AvgIpc) is 3.31. The number of benzene rings is 1. The van der Waals surface area contributed by atoms with Crippen LogP contribution in [0.5, 0.6) is 11.5 Å². The van der Waals surface area contributed by atoms with Crippen LogP contribution in [0.1, 0.15) is 53.1 Å². The SMILES string of the molecule is CCCOc1ccc(/C=C/C(=O)Nc2sc3c(c2C(=O)OCC)CCC3)cc1OC. The summed E-state index contributed by atoms with van der Waals surface area (Å²) in [6.45, 7) is 4.73. The second-order valence-corrected chi connectivity index (χ2v) is 7.97. The Kier molecular flexibility index (Phi) is 7.52. The highest BCUT2D eigenvalue weighted by Crippen LogP contribution is 2.39. The smallest absolute Gasteiger partial charge is 0.341 e. The molecule has 160 valence electrons. The van der Waals surface area contributed by atoms with Crippen molar-refractivity contribution in [3.8, 4) is 11.5 Å². The second-order valence-electron chi connectivity index (χ2n) is 6.86. The van der Waals surface area contributed by atoms with Gasteiger partial charge in [-0.3, -0.25) is 4.79 Å². The molecule has 0 spiro atoms. The van der Waals surface area contributed by atoms with Crippen LogP contribution in [0, 0.1) is 0 Å². The van der Waals surface area contributed by atoms with Crippen molar-refractivity contribution >= 4 is 34.3 Å². The van der Waals surface area contributed by atoms with Crippen LogP contribution in [0.3, 0.4) is 0 Å². The number of thiophene rings is 1. The summed E-state index contributed by atoms with van der Waals surface area (Å²) in [6.07, 6.45) is 6.86. The van der Waals surface area contributed by atoms with E-state index >= 15 is 0 Å². The Labute approximate surface area is 180 Å². The summed E-state index contributed by atoms with van der Waals surface area (Å²) in [5.41, 5.74) is 2.34. The monoisotopic (exact) mass is 429 g/mol. The topological polar surface area (TPSA) is 73.9 Å². The standard InChI is InChI=1S/C23H27NO5S/c1-4-13-29-17-11-9-15(14-18(17)27-3)10-12-20(25)24-22-21(23(26)28-5-2)16-7-6-8-19(16)30-22/h9-12,14H,4-8,13H2,1-3H3,(H,24,25)/b12-10+. The normalized spacial score (nSPS) is 12.6. The maximum atomic E-state index is 12.5. The van der Waals surface area contributed by atoms with Gasteiger partial charge in [0.15, 0.2) is 11.5 Å². The van der Waals surface area contributed by atoms with Crippen molar-refractivity contribution in [1.29, 1.82) is 0 Å². The van der Waals surface area contributed by atoms with Crippen molar-refractivity contribution in [2.75, 3.05) is 25.6 Å². The summed E-state index contributed by atoms with van der Waals surface area (Å²) in [5.74, 6) is 0.618. The van der Waals surface area contributed by atoms with E-state index in [2.05, 4.69) is 5.32 Å². The molecule has 2 aromatic rings. The Morgan fingerprint density at radius 1 is 1.20 bits per heavy atom. The summed E-state index contributed by atoms with van der Waals surface area (Å²) in [5, 5.41) is 3.42. The Balaban J connectivity index is 1.73. The molecule has 1 aliphatic rings. The summed E-state index contributed by atoms with van der Waals surface area (Å²) in [6, 6.07) is 5.51. The molecule has 3 rings (SSSR count). The molecule has 0 bridgehead atoms. The summed E-state index contributed by atoms with van der Waals surface area (Å²) >= 11 is 1.47. The number of nitrogens with one attached hydrogen (secondary N) is 1. The number of hydrogen-bond acceptors (Lipinski definition) is 6. The van der Waals surface area contributed by atoms with Gasteiger partial charge in [0.1, 0.15) is 5.00 Å². The first-order chi connectivity index (χ1) is 14.6. The maximum absolute atomic E-state index is 12.5.